The number of fused-ring (bicyclic) bond motifs is 1. The van der Waals surface area contributed by atoms with Crippen LogP contribution in [-0.4, -0.2) is 94.5 Å². The number of anilines is 2. The van der Waals surface area contributed by atoms with Gasteiger partial charge in [-0.25, -0.2) is 14.8 Å². The van der Waals surface area contributed by atoms with Gasteiger partial charge in [-0.3, -0.25) is 9.59 Å². The van der Waals surface area contributed by atoms with Crippen molar-refractivity contribution in [3.8, 4) is 11.6 Å². The molecule has 2 aliphatic heterocycles. The van der Waals surface area contributed by atoms with Crippen LogP contribution in [0.5, 0.6) is 5.88 Å². The topological polar surface area (TPSA) is 141 Å². The zero-order valence-corrected chi connectivity index (χ0v) is 25.4. The second-order valence-corrected chi connectivity index (χ2v) is 11.4. The maximum atomic E-state index is 13.2. The molecule has 230 valence electrons. The van der Waals surface area contributed by atoms with E-state index in [1.807, 2.05) is 18.2 Å². The first-order valence-electron chi connectivity index (χ1n) is 13.7. The van der Waals surface area contributed by atoms with E-state index in [1.54, 1.807) is 35.2 Å². The number of rotatable bonds is 8. The number of carbonyl (C=O) groups is 2. The molecule has 0 saturated carbocycles. The van der Waals surface area contributed by atoms with Crippen LogP contribution in [0.4, 0.5) is 11.5 Å². The van der Waals surface area contributed by atoms with Gasteiger partial charge in [0.2, 0.25) is 11.3 Å². The lowest BCUT2D eigenvalue weighted by molar-refractivity contribution is -0.122. The SMILES string of the molecule is CN(C)C1CN(c2ccc(-n3cc(C(=O)O)c(=O)c4cc(Cl)c(N5CCC5COc5ncccc5Cl)cc43)cn2)C1.O=CO. The third-order valence-electron chi connectivity index (χ3n) is 7.82. The first-order valence-corrected chi connectivity index (χ1v) is 14.5. The van der Waals surface area contributed by atoms with Crippen molar-refractivity contribution in [2.24, 2.45) is 0 Å². The molecule has 0 amide bonds. The van der Waals surface area contributed by atoms with Gasteiger partial charge in [-0.05, 0) is 56.9 Å². The Hall–Kier alpha value is -4.39. The van der Waals surface area contributed by atoms with E-state index in [-0.39, 0.29) is 23.5 Å². The summed E-state index contributed by atoms with van der Waals surface area (Å²) in [6.07, 6.45) is 5.54. The highest BCUT2D eigenvalue weighted by atomic mass is 35.5. The van der Waals surface area contributed by atoms with E-state index < -0.39 is 11.4 Å². The molecular weight excluding hydrogens is 611 g/mol. The van der Waals surface area contributed by atoms with Crippen molar-refractivity contribution in [2.75, 3.05) is 50.1 Å². The van der Waals surface area contributed by atoms with Gasteiger partial charge in [-0.1, -0.05) is 23.2 Å². The molecule has 0 bridgehead atoms. The van der Waals surface area contributed by atoms with Gasteiger partial charge in [0.05, 0.1) is 34.2 Å². The first-order chi connectivity index (χ1) is 21.1. The number of aromatic nitrogens is 3. The van der Waals surface area contributed by atoms with Gasteiger partial charge < -0.3 is 34.2 Å². The Balaban J connectivity index is 0.00000123. The highest BCUT2D eigenvalue weighted by molar-refractivity contribution is 6.34. The second-order valence-electron chi connectivity index (χ2n) is 10.6. The van der Waals surface area contributed by atoms with Crippen molar-refractivity contribution in [1.82, 2.24) is 19.4 Å². The fourth-order valence-electron chi connectivity index (χ4n) is 5.18. The highest BCUT2D eigenvalue weighted by Gasteiger charge is 2.32. The first kappa shape index (κ1) is 31.0. The molecule has 0 radical (unpaired) electrons. The lowest BCUT2D eigenvalue weighted by Crippen LogP contribution is -2.57. The standard InChI is InChI=1S/C29H28Cl2N6O4.CH2O2/c1-34(2)19-13-35(14-19)26-6-5-17(12-33-26)37-15-21(29(39)40)27(38)20-10-23(31)25(11-24(20)37)36-9-7-18(36)16-41-28-22(30)4-3-8-32-28;2-1-3/h3-6,8,10-12,15,18-19H,7,9,13-14,16H2,1-2H3,(H,39,40);1H,(H,2,3). The zero-order valence-electron chi connectivity index (χ0n) is 23.9. The number of nitrogens with zero attached hydrogens (tertiary/aromatic N) is 6. The second kappa shape index (κ2) is 13.1. The molecule has 0 spiro atoms. The quantitative estimate of drug-likeness (QED) is 0.271. The smallest absolute Gasteiger partial charge is 0.341 e. The molecule has 2 aliphatic rings. The molecule has 12 nitrogen and oxygen atoms in total. The van der Waals surface area contributed by atoms with Crippen molar-refractivity contribution in [3.63, 3.8) is 0 Å². The number of carboxylic acids is 1. The number of benzene rings is 1. The maximum Gasteiger partial charge on any atom is 0.341 e. The van der Waals surface area contributed by atoms with Gasteiger partial charge >= 0.3 is 5.97 Å². The molecule has 1 atom stereocenters. The Morgan fingerprint density at radius 2 is 1.91 bits per heavy atom. The van der Waals surface area contributed by atoms with E-state index in [9.17, 15) is 14.7 Å². The van der Waals surface area contributed by atoms with Gasteiger partial charge in [0.15, 0.2) is 0 Å². The minimum atomic E-state index is -1.31. The summed E-state index contributed by atoms with van der Waals surface area (Å²) in [6.45, 7) is 2.62. The lowest BCUT2D eigenvalue weighted by Gasteiger charge is -2.43. The summed E-state index contributed by atoms with van der Waals surface area (Å²) in [5, 5.41) is 17.7. The Morgan fingerprint density at radius 3 is 2.50 bits per heavy atom. The van der Waals surface area contributed by atoms with Crippen LogP contribution in [-0.2, 0) is 4.79 Å². The summed E-state index contributed by atoms with van der Waals surface area (Å²) in [4.78, 5) is 48.8. The van der Waals surface area contributed by atoms with Gasteiger partial charge in [-0.2, -0.15) is 0 Å². The Bertz CT molecular complexity index is 1740. The summed E-state index contributed by atoms with van der Waals surface area (Å²) in [6, 6.07) is 11.1. The monoisotopic (exact) mass is 640 g/mol. The molecule has 2 N–H and O–H groups in total. The fourth-order valence-corrected chi connectivity index (χ4v) is 5.63. The van der Waals surface area contributed by atoms with Crippen LogP contribution >= 0.6 is 23.2 Å². The minimum Gasteiger partial charge on any atom is -0.483 e. The van der Waals surface area contributed by atoms with Crippen LogP contribution in [0.15, 0.2) is 59.8 Å². The van der Waals surface area contributed by atoms with Crippen molar-refractivity contribution in [1.29, 1.82) is 0 Å². The molecule has 3 aromatic heterocycles. The summed E-state index contributed by atoms with van der Waals surface area (Å²) in [7, 11) is 4.12. The molecule has 14 heteroatoms. The predicted molar refractivity (Wildman–Crippen MR) is 168 cm³/mol. The Kier molecular flexibility index (Phi) is 9.23. The van der Waals surface area contributed by atoms with E-state index in [0.717, 1.165) is 37.6 Å². The number of likely N-dealkylation sites (N-methyl/N-ethyl adjacent to an activating group) is 1. The maximum absolute atomic E-state index is 13.2. The minimum absolute atomic E-state index is 0.0185. The average Bonchev–Trinajstić information content (AvgIpc) is 2.94. The lowest BCUT2D eigenvalue weighted by atomic mass is 10.0. The summed E-state index contributed by atoms with van der Waals surface area (Å²) >= 11 is 12.9. The normalized spacial score (nSPS) is 16.2. The van der Waals surface area contributed by atoms with E-state index in [4.69, 9.17) is 37.8 Å². The number of halogens is 2. The van der Waals surface area contributed by atoms with E-state index >= 15 is 0 Å². The summed E-state index contributed by atoms with van der Waals surface area (Å²) in [5.74, 6) is -0.0956. The van der Waals surface area contributed by atoms with Crippen molar-refractivity contribution in [3.05, 3.63) is 80.8 Å². The fraction of sp³-hybridized carbons (Fsp3) is 0.300. The van der Waals surface area contributed by atoms with Gasteiger partial charge in [0, 0.05) is 43.5 Å². The zero-order chi connectivity index (χ0) is 31.5. The molecule has 6 rings (SSSR count). The largest absolute Gasteiger partial charge is 0.483 e. The summed E-state index contributed by atoms with van der Waals surface area (Å²) in [5.41, 5.74) is 0.953. The molecule has 5 heterocycles. The molecule has 44 heavy (non-hydrogen) atoms. The molecule has 1 unspecified atom stereocenters. The third-order valence-corrected chi connectivity index (χ3v) is 8.41. The van der Waals surface area contributed by atoms with Crippen molar-refractivity contribution in [2.45, 2.75) is 18.5 Å². The van der Waals surface area contributed by atoms with Crippen LogP contribution in [0.25, 0.3) is 16.6 Å². The van der Waals surface area contributed by atoms with Gasteiger partial charge in [0.1, 0.15) is 23.0 Å². The number of aromatic carboxylic acids is 1. The number of hydrogen-bond acceptors (Lipinski definition) is 9. The average molecular weight is 642 g/mol. The molecule has 4 aromatic rings. The molecular formula is C30H30Cl2N6O6. The van der Waals surface area contributed by atoms with Crippen molar-refractivity contribution >= 4 is 58.1 Å². The molecule has 1 aromatic carbocycles. The van der Waals surface area contributed by atoms with Crippen LogP contribution in [0.2, 0.25) is 10.0 Å². The third kappa shape index (κ3) is 6.14. The van der Waals surface area contributed by atoms with Crippen LogP contribution in [0.3, 0.4) is 0 Å². The number of hydrogen-bond donors (Lipinski definition) is 2. The van der Waals surface area contributed by atoms with Crippen LogP contribution in [0, 0.1) is 0 Å². The molecule has 0 aliphatic carbocycles. The van der Waals surface area contributed by atoms with Crippen LogP contribution in [0.1, 0.15) is 16.8 Å². The molecule has 2 saturated heterocycles. The predicted octanol–water partition coefficient (Wildman–Crippen LogP) is 3.89. The van der Waals surface area contributed by atoms with Crippen LogP contribution < -0.4 is 20.0 Å². The Morgan fingerprint density at radius 1 is 1.16 bits per heavy atom. The Labute approximate surface area is 262 Å². The highest BCUT2D eigenvalue weighted by Crippen LogP contribution is 2.37. The number of ether oxygens (including phenoxy) is 1. The van der Waals surface area contributed by atoms with E-state index in [2.05, 4.69) is 38.8 Å². The number of carboxylic acid groups (broad SMARTS) is 2. The summed E-state index contributed by atoms with van der Waals surface area (Å²) < 4.78 is 7.56. The number of pyridine rings is 3. The van der Waals surface area contributed by atoms with E-state index in [0.29, 0.717) is 39.8 Å². The van der Waals surface area contributed by atoms with Crippen molar-refractivity contribution < 1.29 is 24.5 Å². The molecule has 2 fully saturated rings. The van der Waals surface area contributed by atoms with Gasteiger partial charge in [0.25, 0.3) is 6.47 Å². The van der Waals surface area contributed by atoms with Gasteiger partial charge in [-0.15, -0.1) is 0 Å². The van der Waals surface area contributed by atoms with E-state index in [1.165, 1.54) is 6.20 Å².